The molecule has 0 unspecified atom stereocenters. The highest BCUT2D eigenvalue weighted by Gasteiger charge is 2.38. The molecule has 2 aliphatic rings. The number of fused-ring (bicyclic) bond motifs is 1. The van der Waals surface area contributed by atoms with Crippen molar-refractivity contribution in [2.24, 2.45) is 5.41 Å². The van der Waals surface area contributed by atoms with Gasteiger partial charge in [0, 0.05) is 5.41 Å². The normalized spacial score (nSPS) is 20.4. The van der Waals surface area contributed by atoms with Crippen molar-refractivity contribution in [3.8, 4) is 5.75 Å². The molecule has 1 aromatic rings. The summed E-state index contributed by atoms with van der Waals surface area (Å²) >= 11 is 0. The first kappa shape index (κ1) is 11.5. The first-order valence-corrected chi connectivity index (χ1v) is 5.95. The Morgan fingerprint density at radius 3 is 2.89 bits per heavy atom. The fourth-order valence-corrected chi connectivity index (χ4v) is 2.31. The lowest BCUT2D eigenvalue weighted by molar-refractivity contribution is -0.136. The molecule has 18 heavy (non-hydrogen) atoms. The van der Waals surface area contributed by atoms with Gasteiger partial charge in [-0.05, 0) is 24.1 Å². The first-order valence-electron chi connectivity index (χ1n) is 5.95. The molecule has 0 bridgehead atoms. The van der Waals surface area contributed by atoms with E-state index in [2.05, 4.69) is 5.32 Å². The molecule has 96 valence electrons. The van der Waals surface area contributed by atoms with Gasteiger partial charge in [0.25, 0.3) is 5.91 Å². The Balaban J connectivity index is 1.81. The Bertz CT molecular complexity index is 476. The second kappa shape index (κ2) is 4.26. The number of rotatable bonds is 3. The van der Waals surface area contributed by atoms with Crippen LogP contribution in [0.3, 0.4) is 0 Å². The molecular formula is C13H15NO4. The van der Waals surface area contributed by atoms with Crippen LogP contribution in [0, 0.1) is 5.41 Å². The highest BCUT2D eigenvalue weighted by molar-refractivity contribution is 5.95. The maximum Gasteiger partial charge on any atom is 0.262 e. The minimum absolute atomic E-state index is 0.0702. The number of anilines is 1. The number of carbonyl (C=O) groups excluding carboxylic acids is 1. The van der Waals surface area contributed by atoms with E-state index in [0.717, 1.165) is 12.0 Å². The molecule has 2 aliphatic heterocycles. The minimum atomic E-state index is -0.159. The SMILES string of the molecule is O=C1COc2ccc(CC3(CO)COC3)cc2N1. The van der Waals surface area contributed by atoms with Gasteiger partial charge in [-0.25, -0.2) is 0 Å². The van der Waals surface area contributed by atoms with E-state index in [1.54, 1.807) is 0 Å². The van der Waals surface area contributed by atoms with Crippen LogP contribution in [0.1, 0.15) is 5.56 Å². The van der Waals surface area contributed by atoms with Crippen LogP contribution in [0.15, 0.2) is 18.2 Å². The van der Waals surface area contributed by atoms with Crippen LogP contribution in [0.4, 0.5) is 5.69 Å². The maximum atomic E-state index is 11.2. The topological polar surface area (TPSA) is 67.8 Å². The standard InChI is InChI=1S/C13H15NO4/c15-6-13(7-17-8-13)4-9-1-2-11-10(3-9)14-12(16)5-18-11/h1-3,15H,4-8H2,(H,14,16). The third-order valence-electron chi connectivity index (χ3n) is 3.41. The Kier molecular flexibility index (Phi) is 2.72. The summed E-state index contributed by atoms with van der Waals surface area (Å²) in [7, 11) is 0. The molecule has 2 heterocycles. The summed E-state index contributed by atoms with van der Waals surface area (Å²) in [6.45, 7) is 1.36. The molecular weight excluding hydrogens is 234 g/mol. The molecule has 0 saturated carbocycles. The zero-order chi connectivity index (χ0) is 12.6. The van der Waals surface area contributed by atoms with E-state index in [1.807, 2.05) is 18.2 Å². The molecule has 0 aliphatic carbocycles. The van der Waals surface area contributed by atoms with Crippen molar-refractivity contribution in [3.05, 3.63) is 23.8 Å². The fourth-order valence-electron chi connectivity index (χ4n) is 2.31. The number of nitrogens with one attached hydrogen (secondary N) is 1. The molecule has 5 nitrogen and oxygen atoms in total. The molecule has 2 N–H and O–H groups in total. The third-order valence-corrected chi connectivity index (χ3v) is 3.41. The van der Waals surface area contributed by atoms with E-state index in [0.29, 0.717) is 24.7 Å². The van der Waals surface area contributed by atoms with Crippen molar-refractivity contribution in [3.63, 3.8) is 0 Å². The van der Waals surface area contributed by atoms with Crippen molar-refractivity contribution < 1.29 is 19.4 Å². The molecule has 0 atom stereocenters. The molecule has 1 fully saturated rings. The van der Waals surface area contributed by atoms with Crippen LogP contribution in [-0.4, -0.2) is 37.4 Å². The number of hydrogen-bond acceptors (Lipinski definition) is 4. The molecule has 1 saturated heterocycles. The molecule has 0 radical (unpaired) electrons. The lowest BCUT2D eigenvalue weighted by atomic mass is 9.80. The number of aliphatic hydroxyl groups excluding tert-OH is 1. The predicted octanol–water partition coefficient (Wildman–Crippen LogP) is 0.569. The summed E-state index contributed by atoms with van der Waals surface area (Å²) < 4.78 is 10.5. The molecule has 3 rings (SSSR count). The highest BCUT2D eigenvalue weighted by Crippen LogP contribution is 2.34. The number of carbonyl (C=O) groups is 1. The second-order valence-electron chi connectivity index (χ2n) is 5.00. The van der Waals surface area contributed by atoms with Gasteiger partial charge in [0.2, 0.25) is 0 Å². The van der Waals surface area contributed by atoms with Crippen LogP contribution in [-0.2, 0) is 16.0 Å². The van der Waals surface area contributed by atoms with Crippen LogP contribution in [0.2, 0.25) is 0 Å². The van der Waals surface area contributed by atoms with Crippen molar-refractivity contribution >= 4 is 11.6 Å². The van der Waals surface area contributed by atoms with E-state index in [9.17, 15) is 9.90 Å². The minimum Gasteiger partial charge on any atom is -0.482 e. The Labute approximate surface area is 105 Å². The van der Waals surface area contributed by atoms with Crippen LogP contribution >= 0.6 is 0 Å². The zero-order valence-corrected chi connectivity index (χ0v) is 9.94. The van der Waals surface area contributed by atoms with Crippen molar-refractivity contribution in [2.75, 3.05) is 31.7 Å². The number of ether oxygens (including phenoxy) is 2. The quantitative estimate of drug-likeness (QED) is 0.821. The third kappa shape index (κ3) is 1.95. The van der Waals surface area contributed by atoms with Crippen molar-refractivity contribution in [2.45, 2.75) is 6.42 Å². The summed E-state index contributed by atoms with van der Waals surface area (Å²) in [5.74, 6) is 0.560. The van der Waals surface area contributed by atoms with Gasteiger partial charge in [0.15, 0.2) is 6.61 Å². The van der Waals surface area contributed by atoms with E-state index >= 15 is 0 Å². The zero-order valence-electron chi connectivity index (χ0n) is 9.94. The van der Waals surface area contributed by atoms with E-state index in [4.69, 9.17) is 9.47 Å². The van der Waals surface area contributed by atoms with Gasteiger partial charge in [0.1, 0.15) is 5.75 Å². The summed E-state index contributed by atoms with van der Waals surface area (Å²) in [5.41, 5.74) is 1.61. The molecule has 5 heteroatoms. The number of aliphatic hydroxyl groups is 1. The van der Waals surface area contributed by atoms with Gasteiger partial charge in [-0.2, -0.15) is 0 Å². The van der Waals surface area contributed by atoms with E-state index < -0.39 is 0 Å². The Morgan fingerprint density at radius 2 is 2.22 bits per heavy atom. The number of benzene rings is 1. The molecule has 1 amide bonds. The average molecular weight is 249 g/mol. The Morgan fingerprint density at radius 1 is 1.39 bits per heavy atom. The lowest BCUT2D eigenvalue weighted by Crippen LogP contribution is -2.47. The summed E-state index contributed by atoms with van der Waals surface area (Å²) in [6, 6.07) is 5.73. The van der Waals surface area contributed by atoms with Gasteiger partial charge in [0.05, 0.1) is 25.5 Å². The maximum absolute atomic E-state index is 11.2. The summed E-state index contributed by atoms with van der Waals surface area (Å²) in [5, 5.41) is 12.2. The lowest BCUT2D eigenvalue weighted by Gasteiger charge is -2.40. The summed E-state index contributed by atoms with van der Waals surface area (Å²) in [6.07, 6.45) is 0.743. The van der Waals surface area contributed by atoms with Crippen LogP contribution in [0.25, 0.3) is 0 Å². The highest BCUT2D eigenvalue weighted by atomic mass is 16.5. The van der Waals surface area contributed by atoms with E-state index in [-0.39, 0.29) is 24.5 Å². The smallest absolute Gasteiger partial charge is 0.262 e. The molecule has 0 spiro atoms. The van der Waals surface area contributed by atoms with Gasteiger partial charge >= 0.3 is 0 Å². The van der Waals surface area contributed by atoms with Crippen LogP contribution < -0.4 is 10.1 Å². The predicted molar refractivity (Wildman–Crippen MR) is 64.6 cm³/mol. The largest absolute Gasteiger partial charge is 0.482 e. The Hall–Kier alpha value is -1.59. The van der Waals surface area contributed by atoms with Crippen molar-refractivity contribution in [1.29, 1.82) is 0 Å². The first-order chi connectivity index (χ1) is 8.71. The van der Waals surface area contributed by atoms with Crippen LogP contribution in [0.5, 0.6) is 5.75 Å². The molecule has 1 aromatic carbocycles. The van der Waals surface area contributed by atoms with Crippen molar-refractivity contribution in [1.82, 2.24) is 0 Å². The second-order valence-corrected chi connectivity index (χ2v) is 5.00. The molecule has 0 aromatic heterocycles. The number of hydrogen-bond donors (Lipinski definition) is 2. The van der Waals surface area contributed by atoms with Gasteiger partial charge in [-0.3, -0.25) is 4.79 Å². The van der Waals surface area contributed by atoms with Gasteiger partial charge in [-0.15, -0.1) is 0 Å². The van der Waals surface area contributed by atoms with Gasteiger partial charge < -0.3 is 19.9 Å². The fraction of sp³-hybridized carbons (Fsp3) is 0.462. The van der Waals surface area contributed by atoms with Gasteiger partial charge in [-0.1, -0.05) is 6.07 Å². The summed E-state index contributed by atoms with van der Waals surface area (Å²) in [4.78, 5) is 11.2. The monoisotopic (exact) mass is 249 g/mol. The van der Waals surface area contributed by atoms with E-state index in [1.165, 1.54) is 0 Å². The average Bonchev–Trinajstić information content (AvgIpc) is 2.33. The number of amides is 1.